The third kappa shape index (κ3) is 3.84. The molecule has 0 fully saturated rings. The monoisotopic (exact) mass is 323 g/mol. The molecule has 2 heterocycles. The highest BCUT2D eigenvalue weighted by Gasteiger charge is 2.06. The lowest BCUT2D eigenvalue weighted by Gasteiger charge is -2.09. The first kappa shape index (κ1) is 14.1. The summed E-state index contributed by atoms with van der Waals surface area (Å²) in [4.78, 5) is 8.83. The van der Waals surface area contributed by atoms with Crippen molar-refractivity contribution in [1.29, 1.82) is 0 Å². The fraction of sp³-hybridized carbons (Fsp3) is 0.462. The van der Waals surface area contributed by atoms with E-state index >= 15 is 0 Å². The molecule has 0 aromatic carbocycles. The topological polar surface area (TPSA) is 55.6 Å². The van der Waals surface area contributed by atoms with Gasteiger partial charge < -0.3 is 5.32 Å². The minimum absolute atomic E-state index is 0.593. The number of nitrogens with zero attached hydrogens (tertiary/aromatic N) is 4. The van der Waals surface area contributed by atoms with E-state index in [1.54, 1.807) is 10.9 Å². The van der Waals surface area contributed by atoms with E-state index in [0.29, 0.717) is 11.9 Å². The fourth-order valence-corrected chi connectivity index (χ4v) is 1.95. The molecule has 2 aromatic heterocycles. The lowest BCUT2D eigenvalue weighted by molar-refractivity contribution is 0.550. The van der Waals surface area contributed by atoms with Crippen LogP contribution in [0.25, 0.3) is 5.95 Å². The minimum Gasteiger partial charge on any atom is -0.312 e. The van der Waals surface area contributed by atoms with Crippen LogP contribution < -0.4 is 5.32 Å². The largest absolute Gasteiger partial charge is 0.312 e. The molecule has 1 N–H and O–H groups in total. The average molecular weight is 324 g/mol. The Hall–Kier alpha value is -1.27. The van der Waals surface area contributed by atoms with Gasteiger partial charge >= 0.3 is 0 Å². The lowest BCUT2D eigenvalue weighted by atomic mass is 10.2. The molecule has 0 atom stereocenters. The van der Waals surface area contributed by atoms with Crippen molar-refractivity contribution in [3.63, 3.8) is 0 Å². The van der Waals surface area contributed by atoms with Gasteiger partial charge in [0.1, 0.15) is 0 Å². The Morgan fingerprint density at radius 2 is 2.16 bits per heavy atom. The maximum absolute atomic E-state index is 4.48. The first-order chi connectivity index (χ1) is 9.06. The Balaban J connectivity index is 2.09. The number of aryl methyl sites for hydroxylation is 1. The molecular weight excluding hydrogens is 306 g/mol. The van der Waals surface area contributed by atoms with Gasteiger partial charge in [0.05, 0.1) is 10.7 Å². The van der Waals surface area contributed by atoms with Crippen LogP contribution in [0, 0.1) is 12.8 Å². The summed E-state index contributed by atoms with van der Waals surface area (Å²) in [6, 6.07) is 0. The highest BCUT2D eigenvalue weighted by molar-refractivity contribution is 9.10. The van der Waals surface area contributed by atoms with Crippen LogP contribution in [-0.4, -0.2) is 26.3 Å². The van der Waals surface area contributed by atoms with E-state index in [-0.39, 0.29) is 0 Å². The second kappa shape index (κ2) is 6.25. The van der Waals surface area contributed by atoms with Crippen molar-refractivity contribution in [3.05, 3.63) is 34.3 Å². The quantitative estimate of drug-likeness (QED) is 0.918. The van der Waals surface area contributed by atoms with Gasteiger partial charge in [0.25, 0.3) is 5.95 Å². The van der Waals surface area contributed by atoms with Gasteiger partial charge in [-0.25, -0.2) is 14.6 Å². The molecule has 0 radical (unpaired) electrons. The maximum Gasteiger partial charge on any atom is 0.250 e. The van der Waals surface area contributed by atoms with Gasteiger partial charge in [-0.1, -0.05) is 13.8 Å². The van der Waals surface area contributed by atoms with Gasteiger partial charge in [0.15, 0.2) is 0 Å². The van der Waals surface area contributed by atoms with Crippen LogP contribution in [0.3, 0.4) is 0 Å². The van der Waals surface area contributed by atoms with E-state index in [4.69, 9.17) is 0 Å². The van der Waals surface area contributed by atoms with E-state index in [1.165, 1.54) is 0 Å². The summed E-state index contributed by atoms with van der Waals surface area (Å²) in [5.41, 5.74) is 2.10. The Labute approximate surface area is 121 Å². The van der Waals surface area contributed by atoms with Crippen LogP contribution in [0.15, 0.2) is 23.1 Å². The standard InChI is InChI=1S/C13H18BrN5/c1-9(2)4-15-5-11-6-16-13(18-10(11)3)19-8-12(14)7-17-19/h6-9,15H,4-5H2,1-3H3. The second-order valence-corrected chi connectivity index (χ2v) is 5.82. The number of nitrogens with one attached hydrogen (secondary N) is 1. The van der Waals surface area contributed by atoms with E-state index in [1.807, 2.05) is 19.3 Å². The van der Waals surface area contributed by atoms with E-state index in [2.05, 4.69) is 50.2 Å². The van der Waals surface area contributed by atoms with Crippen LogP contribution in [0.2, 0.25) is 0 Å². The SMILES string of the molecule is Cc1nc(-n2cc(Br)cn2)ncc1CNCC(C)C. The molecule has 0 aliphatic rings. The molecule has 2 aromatic rings. The van der Waals surface area contributed by atoms with Gasteiger partial charge in [-0.3, -0.25) is 0 Å². The zero-order valence-electron chi connectivity index (χ0n) is 11.4. The molecule has 0 amide bonds. The van der Waals surface area contributed by atoms with Gasteiger partial charge in [-0.15, -0.1) is 0 Å². The summed E-state index contributed by atoms with van der Waals surface area (Å²) >= 11 is 3.36. The van der Waals surface area contributed by atoms with Crippen LogP contribution in [0.1, 0.15) is 25.1 Å². The Kier molecular flexibility index (Phi) is 4.66. The average Bonchev–Trinajstić information content (AvgIpc) is 2.77. The molecule has 19 heavy (non-hydrogen) atoms. The number of hydrogen-bond acceptors (Lipinski definition) is 4. The first-order valence-electron chi connectivity index (χ1n) is 6.30. The molecule has 2 rings (SSSR count). The van der Waals surface area contributed by atoms with Gasteiger partial charge in [-0.05, 0) is 35.3 Å². The molecule has 0 spiro atoms. The smallest absolute Gasteiger partial charge is 0.250 e. The summed E-state index contributed by atoms with van der Waals surface area (Å²) in [5.74, 6) is 1.23. The highest BCUT2D eigenvalue weighted by Crippen LogP contribution is 2.11. The van der Waals surface area contributed by atoms with Crippen molar-refractivity contribution < 1.29 is 0 Å². The van der Waals surface area contributed by atoms with E-state index < -0.39 is 0 Å². The highest BCUT2D eigenvalue weighted by atomic mass is 79.9. The normalized spacial score (nSPS) is 11.2. The Bertz CT molecular complexity index is 550. The van der Waals surface area contributed by atoms with Crippen molar-refractivity contribution in [1.82, 2.24) is 25.1 Å². The fourth-order valence-electron chi connectivity index (χ4n) is 1.67. The van der Waals surface area contributed by atoms with E-state index in [0.717, 1.165) is 28.8 Å². The molecule has 102 valence electrons. The summed E-state index contributed by atoms with van der Waals surface area (Å²) in [5, 5.41) is 7.57. The third-order valence-electron chi connectivity index (χ3n) is 2.69. The lowest BCUT2D eigenvalue weighted by Crippen LogP contribution is -2.20. The number of halogens is 1. The van der Waals surface area contributed by atoms with Crippen molar-refractivity contribution in [2.45, 2.75) is 27.3 Å². The third-order valence-corrected chi connectivity index (χ3v) is 3.10. The molecule has 0 saturated carbocycles. The van der Waals surface area contributed by atoms with Crippen LogP contribution in [-0.2, 0) is 6.54 Å². The molecule has 6 heteroatoms. The molecule has 0 aliphatic carbocycles. The Morgan fingerprint density at radius 3 is 2.74 bits per heavy atom. The molecule has 0 unspecified atom stereocenters. The summed E-state index contributed by atoms with van der Waals surface area (Å²) in [6.45, 7) is 8.17. The van der Waals surface area contributed by atoms with Crippen molar-refractivity contribution in [2.75, 3.05) is 6.54 Å². The van der Waals surface area contributed by atoms with Gasteiger partial charge in [0.2, 0.25) is 0 Å². The summed E-state index contributed by atoms with van der Waals surface area (Å²) < 4.78 is 2.57. The van der Waals surface area contributed by atoms with Gasteiger partial charge in [-0.2, -0.15) is 5.10 Å². The molecule has 0 bridgehead atoms. The van der Waals surface area contributed by atoms with Gasteiger partial charge in [0, 0.05) is 30.2 Å². The van der Waals surface area contributed by atoms with Crippen LogP contribution >= 0.6 is 15.9 Å². The van der Waals surface area contributed by atoms with Crippen molar-refractivity contribution in [3.8, 4) is 5.95 Å². The zero-order chi connectivity index (χ0) is 13.8. The number of aromatic nitrogens is 4. The van der Waals surface area contributed by atoms with Crippen molar-refractivity contribution in [2.24, 2.45) is 5.92 Å². The van der Waals surface area contributed by atoms with Crippen LogP contribution in [0.5, 0.6) is 0 Å². The Morgan fingerprint density at radius 1 is 1.37 bits per heavy atom. The van der Waals surface area contributed by atoms with Crippen LogP contribution in [0.4, 0.5) is 0 Å². The summed E-state index contributed by atoms with van der Waals surface area (Å²) in [6.07, 6.45) is 5.42. The zero-order valence-corrected chi connectivity index (χ0v) is 13.0. The number of hydrogen-bond donors (Lipinski definition) is 1. The molecule has 0 saturated heterocycles. The molecule has 5 nitrogen and oxygen atoms in total. The van der Waals surface area contributed by atoms with E-state index in [9.17, 15) is 0 Å². The molecular formula is C13H18BrN5. The number of rotatable bonds is 5. The predicted molar refractivity (Wildman–Crippen MR) is 78.1 cm³/mol. The maximum atomic E-state index is 4.48. The molecule has 0 aliphatic heterocycles. The predicted octanol–water partition coefficient (Wildman–Crippen LogP) is 2.48. The van der Waals surface area contributed by atoms with Crippen molar-refractivity contribution >= 4 is 15.9 Å². The second-order valence-electron chi connectivity index (χ2n) is 4.91. The summed E-state index contributed by atoms with van der Waals surface area (Å²) in [7, 11) is 0. The first-order valence-corrected chi connectivity index (χ1v) is 7.09. The minimum atomic E-state index is 0.593.